The summed E-state index contributed by atoms with van der Waals surface area (Å²) in [6, 6.07) is 47.5. The average molecular weight is 512 g/mol. The van der Waals surface area contributed by atoms with Crippen molar-refractivity contribution in [2.24, 2.45) is 0 Å². The number of hydrogen-bond acceptors (Lipinski definition) is 3. The summed E-state index contributed by atoms with van der Waals surface area (Å²) in [7, 11) is 0. The van der Waals surface area contributed by atoms with Crippen molar-refractivity contribution in [2.45, 2.75) is 23.3 Å². The van der Waals surface area contributed by atoms with Crippen molar-refractivity contribution in [2.75, 3.05) is 6.26 Å². The first kappa shape index (κ1) is 24.2. The molecule has 0 radical (unpaired) electrons. The average Bonchev–Trinajstić information content (AvgIpc) is 3.43. The third kappa shape index (κ3) is 4.75. The summed E-state index contributed by atoms with van der Waals surface area (Å²) in [5.41, 5.74) is 7.66. The third-order valence-electron chi connectivity index (χ3n) is 7.25. The highest BCUT2D eigenvalue weighted by atomic mass is 32.2. The van der Waals surface area contributed by atoms with Crippen LogP contribution in [0.4, 0.5) is 0 Å². The molecule has 3 nitrogen and oxygen atoms in total. The minimum absolute atomic E-state index is 0.472. The van der Waals surface area contributed by atoms with Crippen LogP contribution in [0.2, 0.25) is 0 Å². The summed E-state index contributed by atoms with van der Waals surface area (Å²) in [6.45, 7) is 0. The molecule has 4 heteroatoms. The molecule has 1 unspecified atom stereocenters. The molecule has 0 bridgehead atoms. The fraction of sp³-hybridized carbons (Fsp3) is 0.118. The molecule has 0 aliphatic carbocycles. The molecule has 0 fully saturated rings. The number of rotatable bonds is 8. The van der Waals surface area contributed by atoms with Gasteiger partial charge in [0, 0.05) is 17.7 Å². The minimum Gasteiger partial charge on any atom is -0.233 e. The Bertz CT molecular complexity index is 1640. The van der Waals surface area contributed by atoms with Gasteiger partial charge in [-0.15, -0.1) is 16.9 Å². The molecule has 0 aliphatic heterocycles. The second-order valence-electron chi connectivity index (χ2n) is 9.66. The van der Waals surface area contributed by atoms with Crippen LogP contribution in [0, 0.1) is 0 Å². The zero-order valence-electron chi connectivity index (χ0n) is 21.4. The Morgan fingerprint density at radius 2 is 1.29 bits per heavy atom. The molecule has 0 amide bonds. The molecule has 6 rings (SSSR count). The van der Waals surface area contributed by atoms with Gasteiger partial charge in [0.1, 0.15) is 5.52 Å². The summed E-state index contributed by atoms with van der Waals surface area (Å²) in [4.78, 5) is 1.27. The van der Waals surface area contributed by atoms with Crippen LogP contribution < -0.4 is 0 Å². The van der Waals surface area contributed by atoms with Gasteiger partial charge in [0.2, 0.25) is 0 Å². The zero-order valence-corrected chi connectivity index (χ0v) is 22.2. The predicted molar refractivity (Wildman–Crippen MR) is 159 cm³/mol. The van der Waals surface area contributed by atoms with Gasteiger partial charge >= 0.3 is 0 Å². The molecule has 6 aromatic rings. The van der Waals surface area contributed by atoms with Gasteiger partial charge in [0.25, 0.3) is 0 Å². The lowest BCUT2D eigenvalue weighted by atomic mass is 9.78. The van der Waals surface area contributed by atoms with E-state index in [2.05, 4.69) is 137 Å². The van der Waals surface area contributed by atoms with Gasteiger partial charge in [-0.1, -0.05) is 114 Å². The maximum Gasteiger partial charge on any atom is 0.113 e. The highest BCUT2D eigenvalue weighted by Crippen LogP contribution is 2.37. The molecule has 0 N–H and O–H groups in total. The summed E-state index contributed by atoms with van der Waals surface area (Å²) in [5, 5.41) is 9.39. The number of para-hydroxylation sites is 1. The largest absolute Gasteiger partial charge is 0.233 e. The zero-order chi connectivity index (χ0) is 25.8. The van der Waals surface area contributed by atoms with Gasteiger partial charge in [-0.05, 0) is 58.3 Å². The molecule has 0 saturated heterocycles. The van der Waals surface area contributed by atoms with Crippen molar-refractivity contribution in [3.63, 3.8) is 0 Å². The Kier molecular flexibility index (Phi) is 6.80. The van der Waals surface area contributed by atoms with Crippen LogP contribution in [0.25, 0.3) is 22.2 Å². The van der Waals surface area contributed by atoms with E-state index in [1.54, 1.807) is 11.8 Å². The Morgan fingerprint density at radius 3 is 2.05 bits per heavy atom. The van der Waals surface area contributed by atoms with E-state index in [9.17, 15) is 0 Å². The lowest BCUT2D eigenvalue weighted by Crippen LogP contribution is -2.40. The van der Waals surface area contributed by atoms with Crippen molar-refractivity contribution in [3.8, 4) is 11.1 Å². The summed E-state index contributed by atoms with van der Waals surface area (Å²) >= 11 is 1.77. The Hall–Kier alpha value is -4.15. The maximum atomic E-state index is 4.80. The highest BCUT2D eigenvalue weighted by molar-refractivity contribution is 7.98. The fourth-order valence-electron chi connectivity index (χ4n) is 5.39. The molecule has 0 spiro atoms. The van der Waals surface area contributed by atoms with E-state index in [4.69, 9.17) is 5.21 Å². The number of fused-ring (bicyclic) bond motifs is 1. The van der Waals surface area contributed by atoms with Gasteiger partial charge < -0.3 is 0 Å². The van der Waals surface area contributed by atoms with E-state index in [0.717, 1.165) is 23.9 Å². The van der Waals surface area contributed by atoms with Crippen molar-refractivity contribution in [1.82, 2.24) is 15.0 Å². The summed E-state index contributed by atoms with van der Waals surface area (Å²) in [6.07, 6.45) is 3.67. The maximum absolute atomic E-state index is 4.80. The Morgan fingerprint density at radius 1 is 0.632 bits per heavy atom. The first-order valence-corrected chi connectivity index (χ1v) is 14.1. The van der Waals surface area contributed by atoms with E-state index in [1.807, 2.05) is 12.1 Å². The van der Waals surface area contributed by atoms with Gasteiger partial charge in [0.05, 0.1) is 11.1 Å². The number of thioether (sulfide) groups is 1. The van der Waals surface area contributed by atoms with Gasteiger partial charge in [-0.3, -0.25) is 0 Å². The van der Waals surface area contributed by atoms with Gasteiger partial charge in [-0.2, -0.15) is 0 Å². The number of hydrogen-bond donors (Lipinski definition) is 0. The standard InChI is InChI=1S/C34H29N3S/c1-38-31-21-19-28(20-22-31)29-14-10-13-27(23-29)25-34(30-15-6-3-7-16-30,24-26-11-4-2-5-12-26)37-33-18-9-8-17-32(33)35-36-37/h2-23H,24-25H2,1H3. The van der Waals surface area contributed by atoms with Crippen molar-refractivity contribution in [1.29, 1.82) is 0 Å². The predicted octanol–water partition coefficient (Wildman–Crippen LogP) is 8.05. The summed E-state index contributed by atoms with van der Waals surface area (Å²) in [5.74, 6) is 0. The van der Waals surface area contributed by atoms with Crippen molar-refractivity contribution in [3.05, 3.63) is 150 Å². The molecular weight excluding hydrogens is 482 g/mol. The van der Waals surface area contributed by atoms with E-state index < -0.39 is 5.54 Å². The van der Waals surface area contributed by atoms with Gasteiger partial charge in [0.15, 0.2) is 0 Å². The lowest BCUT2D eigenvalue weighted by Gasteiger charge is -2.36. The molecule has 0 saturated carbocycles. The molecule has 0 aliphatic rings. The number of benzene rings is 5. The Labute approximate surface area is 228 Å². The minimum atomic E-state index is -0.472. The van der Waals surface area contributed by atoms with Crippen LogP contribution in [-0.2, 0) is 18.4 Å². The number of aromatic nitrogens is 3. The van der Waals surface area contributed by atoms with Crippen molar-refractivity contribution >= 4 is 22.8 Å². The van der Waals surface area contributed by atoms with Crippen LogP contribution >= 0.6 is 11.8 Å². The first-order valence-electron chi connectivity index (χ1n) is 12.9. The van der Waals surface area contributed by atoms with Crippen LogP contribution in [0.3, 0.4) is 0 Å². The van der Waals surface area contributed by atoms with Crippen LogP contribution in [0.5, 0.6) is 0 Å². The molecular formula is C34H29N3S. The molecule has 5 aromatic carbocycles. The molecule has 38 heavy (non-hydrogen) atoms. The monoisotopic (exact) mass is 511 g/mol. The number of nitrogens with zero attached hydrogens (tertiary/aromatic N) is 3. The van der Waals surface area contributed by atoms with Crippen LogP contribution in [0.15, 0.2) is 138 Å². The first-order chi connectivity index (χ1) is 18.7. The second kappa shape index (κ2) is 10.7. The van der Waals surface area contributed by atoms with Crippen molar-refractivity contribution < 1.29 is 0 Å². The lowest BCUT2D eigenvalue weighted by molar-refractivity contribution is 0.317. The molecule has 186 valence electrons. The normalized spacial score (nSPS) is 12.9. The quantitative estimate of drug-likeness (QED) is 0.194. The van der Waals surface area contributed by atoms with E-state index in [-0.39, 0.29) is 0 Å². The fourth-order valence-corrected chi connectivity index (χ4v) is 5.80. The smallest absolute Gasteiger partial charge is 0.113 e. The van der Waals surface area contributed by atoms with E-state index in [0.29, 0.717) is 0 Å². The van der Waals surface area contributed by atoms with Crippen LogP contribution in [0.1, 0.15) is 16.7 Å². The van der Waals surface area contributed by atoms with E-state index >= 15 is 0 Å². The second-order valence-corrected chi connectivity index (χ2v) is 10.5. The Balaban J connectivity index is 1.52. The molecule has 1 aromatic heterocycles. The molecule has 1 heterocycles. The van der Waals surface area contributed by atoms with Crippen LogP contribution in [-0.4, -0.2) is 21.2 Å². The van der Waals surface area contributed by atoms with Gasteiger partial charge in [-0.25, -0.2) is 4.68 Å². The topological polar surface area (TPSA) is 30.7 Å². The molecule has 1 atom stereocenters. The highest BCUT2D eigenvalue weighted by Gasteiger charge is 2.37. The summed E-state index contributed by atoms with van der Waals surface area (Å²) < 4.78 is 2.16. The SMILES string of the molecule is CSc1ccc(-c2cccc(CC(Cc3ccccc3)(c3ccccc3)n3nnc4ccccc43)c2)cc1. The van der Waals surface area contributed by atoms with E-state index in [1.165, 1.54) is 32.7 Å². The third-order valence-corrected chi connectivity index (χ3v) is 8.00.